The van der Waals surface area contributed by atoms with Crippen molar-refractivity contribution in [3.63, 3.8) is 0 Å². The van der Waals surface area contributed by atoms with Crippen molar-refractivity contribution in [2.45, 2.75) is 13.8 Å². The standard InChI is InChI=1S/C18H17N3O3/c1-9-6-11(7-21-17(9)19-3)12-4-5-13-15(10(12)2)20-8-14(16(13)22)18(23)24/h4-8H,1-3H3,(H,19,21)(H,20,22)(H,23,24). The predicted molar refractivity (Wildman–Crippen MR) is 93.8 cm³/mol. The lowest BCUT2D eigenvalue weighted by Gasteiger charge is -2.12. The van der Waals surface area contributed by atoms with Gasteiger partial charge in [0, 0.05) is 30.4 Å². The van der Waals surface area contributed by atoms with Gasteiger partial charge in [0.1, 0.15) is 11.4 Å². The summed E-state index contributed by atoms with van der Waals surface area (Å²) >= 11 is 0. The summed E-state index contributed by atoms with van der Waals surface area (Å²) in [5, 5.41) is 12.5. The van der Waals surface area contributed by atoms with Crippen LogP contribution in [-0.4, -0.2) is 28.1 Å². The maximum absolute atomic E-state index is 12.3. The molecular formula is C18H17N3O3. The van der Waals surface area contributed by atoms with E-state index in [4.69, 9.17) is 5.11 Å². The van der Waals surface area contributed by atoms with Gasteiger partial charge < -0.3 is 15.4 Å². The molecule has 0 saturated heterocycles. The van der Waals surface area contributed by atoms with Gasteiger partial charge in [0.05, 0.1) is 5.52 Å². The molecule has 3 rings (SSSR count). The third-order valence-corrected chi connectivity index (χ3v) is 4.17. The average Bonchev–Trinajstić information content (AvgIpc) is 2.55. The third kappa shape index (κ3) is 2.42. The molecule has 6 nitrogen and oxygen atoms in total. The molecular weight excluding hydrogens is 306 g/mol. The number of aromatic nitrogens is 2. The number of carboxylic acid groups (broad SMARTS) is 1. The molecule has 0 spiro atoms. The van der Waals surface area contributed by atoms with Gasteiger partial charge in [0.2, 0.25) is 5.43 Å². The number of benzene rings is 1. The average molecular weight is 323 g/mol. The number of rotatable bonds is 3. The molecule has 6 heteroatoms. The lowest BCUT2D eigenvalue weighted by molar-refractivity contribution is 0.0695. The lowest BCUT2D eigenvalue weighted by atomic mass is 9.97. The van der Waals surface area contributed by atoms with Crippen LogP contribution in [0.25, 0.3) is 22.0 Å². The van der Waals surface area contributed by atoms with Crippen molar-refractivity contribution >= 4 is 22.7 Å². The molecule has 0 atom stereocenters. The maximum atomic E-state index is 12.3. The number of hydrogen-bond donors (Lipinski definition) is 3. The van der Waals surface area contributed by atoms with E-state index in [1.54, 1.807) is 12.3 Å². The van der Waals surface area contributed by atoms with Crippen LogP contribution in [0.1, 0.15) is 21.5 Å². The zero-order valence-electron chi connectivity index (χ0n) is 13.6. The number of anilines is 1. The first kappa shape index (κ1) is 15.7. The van der Waals surface area contributed by atoms with Crippen molar-refractivity contribution in [1.29, 1.82) is 0 Å². The Bertz CT molecular complexity index is 1020. The quantitative estimate of drug-likeness (QED) is 0.689. The minimum absolute atomic E-state index is 0.259. The largest absolute Gasteiger partial charge is 0.477 e. The zero-order chi connectivity index (χ0) is 17.4. The molecule has 0 aliphatic heterocycles. The van der Waals surface area contributed by atoms with Crippen molar-refractivity contribution < 1.29 is 9.90 Å². The Labute approximate surface area is 138 Å². The van der Waals surface area contributed by atoms with E-state index >= 15 is 0 Å². The van der Waals surface area contributed by atoms with E-state index in [1.165, 1.54) is 6.20 Å². The second kappa shape index (κ2) is 5.81. The number of pyridine rings is 2. The summed E-state index contributed by atoms with van der Waals surface area (Å²) in [6, 6.07) is 5.51. The second-order valence-corrected chi connectivity index (χ2v) is 5.64. The Kier molecular flexibility index (Phi) is 3.81. The predicted octanol–water partition coefficient (Wildman–Crippen LogP) is 2.95. The van der Waals surface area contributed by atoms with Gasteiger partial charge in [-0.1, -0.05) is 6.07 Å². The van der Waals surface area contributed by atoms with E-state index in [0.29, 0.717) is 10.9 Å². The summed E-state index contributed by atoms with van der Waals surface area (Å²) in [6.45, 7) is 3.87. The molecule has 2 heterocycles. The normalized spacial score (nSPS) is 10.8. The molecule has 3 aromatic rings. The number of hydrogen-bond acceptors (Lipinski definition) is 4. The number of H-pyrrole nitrogens is 1. The highest BCUT2D eigenvalue weighted by atomic mass is 16.4. The van der Waals surface area contributed by atoms with Gasteiger partial charge in [-0.25, -0.2) is 9.78 Å². The van der Waals surface area contributed by atoms with Crippen LogP contribution in [0.4, 0.5) is 5.82 Å². The van der Waals surface area contributed by atoms with Gasteiger partial charge in [0.15, 0.2) is 0 Å². The van der Waals surface area contributed by atoms with Crippen LogP contribution in [0.3, 0.4) is 0 Å². The molecule has 0 amide bonds. The smallest absolute Gasteiger partial charge is 0.341 e. The summed E-state index contributed by atoms with van der Waals surface area (Å²) in [4.78, 5) is 30.7. The Balaban J connectivity index is 2.23. The summed E-state index contributed by atoms with van der Waals surface area (Å²) in [5.41, 5.74) is 3.67. The van der Waals surface area contributed by atoms with Gasteiger partial charge >= 0.3 is 5.97 Å². The number of carbonyl (C=O) groups is 1. The van der Waals surface area contributed by atoms with Crippen LogP contribution in [-0.2, 0) is 0 Å². The van der Waals surface area contributed by atoms with E-state index in [1.807, 2.05) is 33.0 Å². The van der Waals surface area contributed by atoms with Crippen LogP contribution >= 0.6 is 0 Å². The van der Waals surface area contributed by atoms with Gasteiger partial charge in [-0.05, 0) is 42.7 Å². The summed E-state index contributed by atoms with van der Waals surface area (Å²) in [5.74, 6) is -0.418. The molecule has 0 unspecified atom stereocenters. The number of fused-ring (bicyclic) bond motifs is 1. The molecule has 2 aromatic heterocycles. The summed E-state index contributed by atoms with van der Waals surface area (Å²) < 4.78 is 0. The fourth-order valence-electron chi connectivity index (χ4n) is 2.90. The van der Waals surface area contributed by atoms with Crippen molar-refractivity contribution in [3.05, 3.63) is 57.5 Å². The molecule has 0 aliphatic rings. The Morgan fingerprint density at radius 3 is 2.67 bits per heavy atom. The Hall–Kier alpha value is -3.15. The highest BCUT2D eigenvalue weighted by Gasteiger charge is 2.15. The molecule has 1 aromatic carbocycles. The first-order valence-corrected chi connectivity index (χ1v) is 7.47. The lowest BCUT2D eigenvalue weighted by Crippen LogP contribution is -2.15. The fourth-order valence-corrected chi connectivity index (χ4v) is 2.90. The monoisotopic (exact) mass is 323 g/mol. The van der Waals surface area contributed by atoms with Gasteiger partial charge in [-0.15, -0.1) is 0 Å². The molecule has 3 N–H and O–H groups in total. The van der Waals surface area contributed by atoms with Crippen LogP contribution in [0.2, 0.25) is 0 Å². The Morgan fingerprint density at radius 1 is 1.29 bits per heavy atom. The number of carboxylic acids is 1. The van der Waals surface area contributed by atoms with Crippen molar-refractivity contribution in [3.8, 4) is 11.1 Å². The number of nitrogens with one attached hydrogen (secondary N) is 2. The molecule has 0 aliphatic carbocycles. The highest BCUT2D eigenvalue weighted by Crippen LogP contribution is 2.29. The summed E-state index contributed by atoms with van der Waals surface area (Å²) in [7, 11) is 1.82. The second-order valence-electron chi connectivity index (χ2n) is 5.64. The number of aromatic amines is 1. The summed E-state index contributed by atoms with van der Waals surface area (Å²) in [6.07, 6.45) is 3.02. The van der Waals surface area contributed by atoms with Crippen LogP contribution < -0.4 is 10.7 Å². The molecule has 24 heavy (non-hydrogen) atoms. The van der Waals surface area contributed by atoms with Crippen molar-refractivity contribution in [1.82, 2.24) is 9.97 Å². The first-order valence-electron chi connectivity index (χ1n) is 7.47. The topological polar surface area (TPSA) is 95.1 Å². The van der Waals surface area contributed by atoms with Gasteiger partial charge in [0.25, 0.3) is 0 Å². The molecule has 122 valence electrons. The number of aromatic carboxylic acids is 1. The minimum Gasteiger partial charge on any atom is -0.477 e. The van der Waals surface area contributed by atoms with E-state index in [9.17, 15) is 9.59 Å². The highest BCUT2D eigenvalue weighted by molar-refractivity contribution is 5.95. The van der Waals surface area contributed by atoms with Crippen LogP contribution in [0.15, 0.2) is 35.4 Å². The van der Waals surface area contributed by atoms with Crippen molar-refractivity contribution in [2.75, 3.05) is 12.4 Å². The van der Waals surface area contributed by atoms with Crippen LogP contribution in [0, 0.1) is 13.8 Å². The van der Waals surface area contributed by atoms with E-state index in [2.05, 4.69) is 15.3 Å². The number of nitrogens with zero attached hydrogens (tertiary/aromatic N) is 1. The zero-order valence-corrected chi connectivity index (χ0v) is 13.6. The number of aryl methyl sites for hydroxylation is 2. The molecule has 0 bridgehead atoms. The Morgan fingerprint density at radius 2 is 2.04 bits per heavy atom. The molecule has 0 radical (unpaired) electrons. The minimum atomic E-state index is -1.23. The molecule has 0 saturated carbocycles. The van der Waals surface area contributed by atoms with E-state index in [0.717, 1.165) is 28.1 Å². The van der Waals surface area contributed by atoms with E-state index in [-0.39, 0.29) is 5.56 Å². The van der Waals surface area contributed by atoms with Gasteiger partial charge in [-0.2, -0.15) is 0 Å². The van der Waals surface area contributed by atoms with Crippen molar-refractivity contribution in [2.24, 2.45) is 0 Å². The third-order valence-electron chi connectivity index (χ3n) is 4.17. The maximum Gasteiger partial charge on any atom is 0.341 e. The van der Waals surface area contributed by atoms with Crippen LogP contribution in [0.5, 0.6) is 0 Å². The fraction of sp³-hybridized carbons (Fsp3) is 0.167. The molecule has 0 fully saturated rings. The van der Waals surface area contributed by atoms with E-state index < -0.39 is 11.4 Å². The first-order chi connectivity index (χ1) is 11.4. The SMILES string of the molecule is CNc1ncc(-c2ccc3c(=O)c(C(=O)O)c[nH]c3c2C)cc1C. The van der Waals surface area contributed by atoms with Gasteiger partial charge in [-0.3, -0.25) is 4.79 Å².